The van der Waals surface area contributed by atoms with Crippen LogP contribution in [0, 0.1) is 23.6 Å². The van der Waals surface area contributed by atoms with Crippen molar-refractivity contribution in [2.45, 2.75) is 45.1 Å². The Balaban J connectivity index is 1.27. The van der Waals surface area contributed by atoms with E-state index in [4.69, 9.17) is 0 Å². The quantitative estimate of drug-likeness (QED) is 0.835. The Morgan fingerprint density at radius 3 is 2.36 bits per heavy atom. The van der Waals surface area contributed by atoms with Crippen LogP contribution in [0.5, 0.6) is 0 Å². The first-order valence-corrected chi connectivity index (χ1v) is 9.94. The highest BCUT2D eigenvalue weighted by Crippen LogP contribution is 2.37. The van der Waals surface area contributed by atoms with Crippen LogP contribution >= 0.6 is 0 Å². The zero-order valence-electron chi connectivity index (χ0n) is 15.0. The Labute approximate surface area is 150 Å². The fraction of sp³-hybridized carbons (Fsp3) is 0.667. The normalized spacial score (nSPS) is 28.1. The van der Waals surface area contributed by atoms with Crippen molar-refractivity contribution in [1.29, 1.82) is 0 Å². The second-order valence-corrected chi connectivity index (χ2v) is 8.23. The summed E-state index contributed by atoms with van der Waals surface area (Å²) in [6.07, 6.45) is 7.23. The first kappa shape index (κ1) is 17.0. The van der Waals surface area contributed by atoms with Crippen molar-refractivity contribution in [1.82, 2.24) is 9.80 Å². The summed E-state index contributed by atoms with van der Waals surface area (Å²) in [5, 5.41) is 0. The van der Waals surface area contributed by atoms with Gasteiger partial charge in [-0.3, -0.25) is 9.69 Å². The topological polar surface area (TPSA) is 23.6 Å². The molecule has 1 aromatic carbocycles. The third-order valence-corrected chi connectivity index (χ3v) is 6.52. The largest absolute Gasteiger partial charge is 0.342 e. The van der Waals surface area contributed by atoms with Gasteiger partial charge in [0, 0.05) is 25.6 Å². The van der Waals surface area contributed by atoms with E-state index in [-0.39, 0.29) is 11.7 Å². The second kappa shape index (κ2) is 7.45. The average Bonchev–Trinajstić information content (AvgIpc) is 3.06. The minimum atomic E-state index is -0.168. The molecule has 3 aliphatic rings. The van der Waals surface area contributed by atoms with Crippen LogP contribution in [0.1, 0.15) is 44.1 Å². The molecular weight excluding hydrogens is 315 g/mol. The van der Waals surface area contributed by atoms with Gasteiger partial charge in [0.1, 0.15) is 5.82 Å². The number of carbonyl (C=O) groups excluding carboxylic acids is 1. The van der Waals surface area contributed by atoms with Gasteiger partial charge >= 0.3 is 0 Å². The lowest BCUT2D eigenvalue weighted by atomic mass is 9.82. The summed E-state index contributed by atoms with van der Waals surface area (Å²) in [4.78, 5) is 17.4. The van der Waals surface area contributed by atoms with Crippen LogP contribution < -0.4 is 0 Å². The van der Waals surface area contributed by atoms with E-state index in [1.165, 1.54) is 31.7 Å². The minimum absolute atomic E-state index is 0.168. The molecule has 136 valence electrons. The van der Waals surface area contributed by atoms with E-state index in [1.54, 1.807) is 12.1 Å². The molecule has 0 aromatic heterocycles. The summed E-state index contributed by atoms with van der Waals surface area (Å²) in [6, 6.07) is 6.85. The van der Waals surface area contributed by atoms with Crippen LogP contribution in [0.2, 0.25) is 0 Å². The van der Waals surface area contributed by atoms with E-state index in [0.29, 0.717) is 5.91 Å². The molecule has 1 aromatic rings. The van der Waals surface area contributed by atoms with E-state index >= 15 is 0 Å². The van der Waals surface area contributed by atoms with Gasteiger partial charge in [-0.15, -0.1) is 0 Å². The molecule has 0 N–H and O–H groups in total. The number of nitrogens with zero attached hydrogens (tertiary/aromatic N) is 2. The lowest BCUT2D eigenvalue weighted by Crippen LogP contribution is -2.41. The van der Waals surface area contributed by atoms with Crippen LogP contribution in [0.15, 0.2) is 24.3 Å². The molecule has 1 amide bonds. The molecule has 2 atom stereocenters. The van der Waals surface area contributed by atoms with Gasteiger partial charge in [0.2, 0.25) is 5.91 Å². The number of hydrogen-bond acceptors (Lipinski definition) is 2. The molecule has 0 radical (unpaired) electrons. The summed E-state index contributed by atoms with van der Waals surface area (Å²) in [5.74, 6) is 1.97. The SMILES string of the molecule is O=C(C1CCN(Cc2cccc(F)c2)CC1)N1CC2CCCCC2C1. The number of hydrogen-bond donors (Lipinski definition) is 0. The lowest BCUT2D eigenvalue weighted by molar-refractivity contribution is -0.136. The number of piperidine rings is 1. The molecule has 2 saturated heterocycles. The number of carbonyl (C=O) groups is 1. The van der Waals surface area contributed by atoms with E-state index in [9.17, 15) is 9.18 Å². The summed E-state index contributed by atoms with van der Waals surface area (Å²) in [5.41, 5.74) is 1.02. The van der Waals surface area contributed by atoms with E-state index in [1.807, 2.05) is 6.07 Å². The number of benzene rings is 1. The summed E-state index contributed by atoms with van der Waals surface area (Å²) >= 11 is 0. The van der Waals surface area contributed by atoms with Crippen LogP contribution in [-0.4, -0.2) is 41.9 Å². The molecule has 2 heterocycles. The van der Waals surface area contributed by atoms with Crippen molar-refractivity contribution in [3.05, 3.63) is 35.6 Å². The molecule has 3 nitrogen and oxygen atoms in total. The summed E-state index contributed by atoms with van der Waals surface area (Å²) in [6.45, 7) is 4.67. The molecule has 3 fully saturated rings. The van der Waals surface area contributed by atoms with Crippen molar-refractivity contribution in [2.75, 3.05) is 26.2 Å². The maximum Gasteiger partial charge on any atom is 0.225 e. The number of fused-ring (bicyclic) bond motifs is 1. The monoisotopic (exact) mass is 344 g/mol. The van der Waals surface area contributed by atoms with Crippen molar-refractivity contribution in [3.8, 4) is 0 Å². The fourth-order valence-electron chi connectivity index (χ4n) is 5.08. The second-order valence-electron chi connectivity index (χ2n) is 8.23. The van der Waals surface area contributed by atoms with Gasteiger partial charge < -0.3 is 4.90 Å². The molecule has 0 spiro atoms. The molecule has 2 unspecified atom stereocenters. The van der Waals surface area contributed by atoms with E-state index in [2.05, 4.69) is 9.80 Å². The van der Waals surface area contributed by atoms with E-state index < -0.39 is 0 Å². The highest BCUT2D eigenvalue weighted by atomic mass is 19.1. The minimum Gasteiger partial charge on any atom is -0.342 e. The summed E-state index contributed by atoms with van der Waals surface area (Å²) in [7, 11) is 0. The van der Waals surface area contributed by atoms with Gasteiger partial charge in [0.25, 0.3) is 0 Å². The van der Waals surface area contributed by atoms with Gasteiger partial charge in [-0.2, -0.15) is 0 Å². The molecule has 2 aliphatic heterocycles. The van der Waals surface area contributed by atoms with Gasteiger partial charge in [0.15, 0.2) is 0 Å². The third kappa shape index (κ3) is 3.89. The Kier molecular flexibility index (Phi) is 5.07. The summed E-state index contributed by atoms with van der Waals surface area (Å²) < 4.78 is 13.3. The molecule has 4 heteroatoms. The maximum atomic E-state index is 13.3. The van der Waals surface area contributed by atoms with Crippen molar-refractivity contribution in [2.24, 2.45) is 17.8 Å². The first-order chi connectivity index (χ1) is 12.2. The molecular formula is C21H29FN2O. The smallest absolute Gasteiger partial charge is 0.225 e. The highest BCUT2D eigenvalue weighted by Gasteiger charge is 2.38. The number of halogens is 1. The van der Waals surface area contributed by atoms with Crippen molar-refractivity contribution in [3.63, 3.8) is 0 Å². The fourth-order valence-corrected chi connectivity index (χ4v) is 5.08. The van der Waals surface area contributed by atoms with Crippen LogP contribution in [0.4, 0.5) is 4.39 Å². The Morgan fingerprint density at radius 1 is 1.04 bits per heavy atom. The molecule has 1 aliphatic carbocycles. The Hall–Kier alpha value is -1.42. The predicted molar refractivity (Wildman–Crippen MR) is 96.4 cm³/mol. The standard InChI is InChI=1S/C21H29FN2O/c22-20-7-3-4-16(12-20)13-23-10-8-17(9-11-23)21(25)24-14-18-5-1-2-6-19(18)15-24/h3-4,7,12,17-19H,1-2,5-6,8-11,13-15H2. The van der Waals surface area contributed by atoms with Crippen molar-refractivity contribution < 1.29 is 9.18 Å². The average molecular weight is 344 g/mol. The molecule has 1 saturated carbocycles. The van der Waals surface area contributed by atoms with Gasteiger partial charge in [-0.1, -0.05) is 25.0 Å². The van der Waals surface area contributed by atoms with E-state index in [0.717, 1.165) is 63.0 Å². The van der Waals surface area contributed by atoms with Gasteiger partial charge in [0.05, 0.1) is 0 Å². The predicted octanol–water partition coefficient (Wildman–Crippen LogP) is 3.69. The molecule has 0 bridgehead atoms. The molecule has 4 rings (SSSR count). The van der Waals surface area contributed by atoms with Crippen LogP contribution in [-0.2, 0) is 11.3 Å². The zero-order chi connectivity index (χ0) is 17.2. The lowest BCUT2D eigenvalue weighted by Gasteiger charge is -2.33. The highest BCUT2D eigenvalue weighted by molar-refractivity contribution is 5.79. The Morgan fingerprint density at radius 2 is 1.72 bits per heavy atom. The Bertz CT molecular complexity index is 598. The first-order valence-electron chi connectivity index (χ1n) is 9.94. The number of amides is 1. The molecule has 25 heavy (non-hydrogen) atoms. The van der Waals surface area contributed by atoms with Gasteiger partial charge in [-0.05, 0) is 68.3 Å². The number of rotatable bonds is 3. The van der Waals surface area contributed by atoms with Gasteiger partial charge in [-0.25, -0.2) is 4.39 Å². The number of likely N-dealkylation sites (tertiary alicyclic amines) is 2. The van der Waals surface area contributed by atoms with Crippen LogP contribution in [0.3, 0.4) is 0 Å². The maximum absolute atomic E-state index is 13.3. The van der Waals surface area contributed by atoms with Crippen LogP contribution in [0.25, 0.3) is 0 Å². The third-order valence-electron chi connectivity index (χ3n) is 6.52. The zero-order valence-corrected chi connectivity index (χ0v) is 15.0. The van der Waals surface area contributed by atoms with Crippen molar-refractivity contribution >= 4 is 5.91 Å².